The number of rotatable bonds is 1. The topological polar surface area (TPSA) is 23.6 Å². The summed E-state index contributed by atoms with van der Waals surface area (Å²) in [6.45, 7) is 0.576. The maximum Gasteiger partial charge on any atom is 0.229 e. The van der Waals surface area contributed by atoms with Gasteiger partial charge < -0.3 is 0 Å². The number of hydrazine groups is 1. The molecule has 1 aliphatic heterocycles. The van der Waals surface area contributed by atoms with Crippen molar-refractivity contribution in [2.24, 2.45) is 0 Å². The number of halogens is 1. The monoisotopic (exact) mass is 132 g/mol. The summed E-state index contributed by atoms with van der Waals surface area (Å²) >= 11 is 5.42. The Balaban J connectivity index is 2.50. The van der Waals surface area contributed by atoms with Crippen LogP contribution in [-0.4, -0.2) is 22.5 Å². The zero-order valence-corrected chi connectivity index (χ0v) is 4.88. The number of hydrogen-bond acceptors (Lipinski definition) is 2. The quantitative estimate of drug-likeness (QED) is 0.380. The fraction of sp³-hybridized carbons (Fsp3) is 0.250. The summed E-state index contributed by atoms with van der Waals surface area (Å²) in [7, 11) is 0. The number of carbonyl (C=O) groups excluding carboxylic acids is 1. The minimum Gasteiger partial charge on any atom is -0.277 e. The average Bonchev–Trinajstić information content (AvgIpc) is 2.14. The van der Waals surface area contributed by atoms with Gasteiger partial charge in [0.05, 0.1) is 6.54 Å². The van der Waals surface area contributed by atoms with E-state index in [0.717, 1.165) is 0 Å². The van der Waals surface area contributed by atoms with Gasteiger partial charge in [-0.2, -0.15) is 4.53 Å². The predicted molar refractivity (Wildman–Crippen MR) is 29.6 cm³/mol. The molecule has 44 valence electrons. The van der Waals surface area contributed by atoms with Gasteiger partial charge in [-0.25, -0.2) is 5.01 Å². The molecule has 3 nitrogen and oxygen atoms in total. The molecule has 0 aromatic heterocycles. The SMILES string of the molecule is O=CN1CC=CN1Cl. The molecule has 8 heavy (non-hydrogen) atoms. The van der Waals surface area contributed by atoms with Crippen LogP contribution >= 0.6 is 11.8 Å². The van der Waals surface area contributed by atoms with E-state index in [4.69, 9.17) is 11.8 Å². The molecule has 0 unspecified atom stereocenters. The Bertz CT molecular complexity index is 125. The summed E-state index contributed by atoms with van der Waals surface area (Å²) in [6.07, 6.45) is 4.09. The molecule has 1 heterocycles. The molecule has 0 bridgehead atoms. The highest BCUT2D eigenvalue weighted by Gasteiger charge is 2.09. The van der Waals surface area contributed by atoms with Gasteiger partial charge in [-0.15, -0.1) is 0 Å². The first-order valence-electron chi connectivity index (χ1n) is 2.18. The highest BCUT2D eigenvalue weighted by atomic mass is 35.5. The van der Waals surface area contributed by atoms with E-state index in [0.29, 0.717) is 13.0 Å². The maximum atomic E-state index is 9.98. The van der Waals surface area contributed by atoms with Crippen LogP contribution in [-0.2, 0) is 4.79 Å². The molecular formula is C4H5ClN2O. The fourth-order valence-electron chi connectivity index (χ4n) is 0.494. The van der Waals surface area contributed by atoms with Crippen LogP contribution in [0.5, 0.6) is 0 Å². The lowest BCUT2D eigenvalue weighted by atomic mass is 10.6. The van der Waals surface area contributed by atoms with Crippen molar-refractivity contribution in [2.45, 2.75) is 0 Å². The van der Waals surface area contributed by atoms with E-state index in [1.54, 1.807) is 12.3 Å². The molecule has 1 aliphatic rings. The van der Waals surface area contributed by atoms with Crippen LogP contribution in [0, 0.1) is 0 Å². The Morgan fingerprint density at radius 3 is 2.75 bits per heavy atom. The van der Waals surface area contributed by atoms with Gasteiger partial charge in [0.15, 0.2) is 0 Å². The van der Waals surface area contributed by atoms with Crippen LogP contribution in [0.15, 0.2) is 12.3 Å². The summed E-state index contributed by atoms with van der Waals surface area (Å²) in [6, 6.07) is 0. The van der Waals surface area contributed by atoms with E-state index < -0.39 is 0 Å². The first-order chi connectivity index (χ1) is 3.84. The minimum absolute atomic E-state index is 0.576. The third kappa shape index (κ3) is 0.767. The van der Waals surface area contributed by atoms with Crippen molar-refractivity contribution in [3.8, 4) is 0 Å². The van der Waals surface area contributed by atoms with Gasteiger partial charge in [0.25, 0.3) is 0 Å². The average molecular weight is 133 g/mol. The molecule has 4 heteroatoms. The van der Waals surface area contributed by atoms with Crippen LogP contribution in [0.1, 0.15) is 0 Å². The molecule has 0 atom stereocenters. The van der Waals surface area contributed by atoms with Crippen molar-refractivity contribution < 1.29 is 4.79 Å². The largest absolute Gasteiger partial charge is 0.277 e. The molecule has 1 amide bonds. The molecule has 0 saturated heterocycles. The van der Waals surface area contributed by atoms with Gasteiger partial charge >= 0.3 is 0 Å². The Kier molecular flexibility index (Phi) is 1.39. The van der Waals surface area contributed by atoms with E-state index in [-0.39, 0.29) is 0 Å². The lowest BCUT2D eigenvalue weighted by molar-refractivity contribution is -0.123. The van der Waals surface area contributed by atoms with Crippen molar-refractivity contribution >= 4 is 18.2 Å². The van der Waals surface area contributed by atoms with E-state index in [2.05, 4.69) is 0 Å². The lowest BCUT2D eigenvalue weighted by Gasteiger charge is -2.15. The Morgan fingerprint density at radius 1 is 1.75 bits per heavy atom. The molecule has 0 N–H and O–H groups in total. The summed E-state index contributed by atoms with van der Waals surface area (Å²) in [5.74, 6) is 0. The van der Waals surface area contributed by atoms with Gasteiger partial charge in [0.1, 0.15) is 0 Å². The normalized spacial score (nSPS) is 17.6. The van der Waals surface area contributed by atoms with E-state index in [1.807, 2.05) is 0 Å². The van der Waals surface area contributed by atoms with Crippen molar-refractivity contribution in [3.63, 3.8) is 0 Å². The molecule has 0 fully saturated rings. The van der Waals surface area contributed by atoms with Gasteiger partial charge in [0.2, 0.25) is 6.41 Å². The third-order valence-corrected chi connectivity index (χ3v) is 1.19. The molecule has 0 radical (unpaired) electrons. The van der Waals surface area contributed by atoms with Crippen LogP contribution < -0.4 is 0 Å². The minimum atomic E-state index is 0.576. The zero-order chi connectivity index (χ0) is 5.98. The number of hydrogen-bond donors (Lipinski definition) is 0. The van der Waals surface area contributed by atoms with E-state index >= 15 is 0 Å². The van der Waals surface area contributed by atoms with E-state index in [9.17, 15) is 4.79 Å². The van der Waals surface area contributed by atoms with Gasteiger partial charge in [-0.3, -0.25) is 4.79 Å². The molecule has 0 aromatic carbocycles. The summed E-state index contributed by atoms with van der Waals surface area (Å²) in [5, 5.41) is 1.33. The Hall–Kier alpha value is -0.700. The second-order valence-corrected chi connectivity index (χ2v) is 1.75. The van der Waals surface area contributed by atoms with Gasteiger partial charge in [-0.05, 0) is 6.08 Å². The lowest BCUT2D eigenvalue weighted by Crippen LogP contribution is -2.26. The smallest absolute Gasteiger partial charge is 0.229 e. The molecule has 0 spiro atoms. The van der Waals surface area contributed by atoms with Gasteiger partial charge in [-0.1, -0.05) is 0 Å². The van der Waals surface area contributed by atoms with Crippen molar-refractivity contribution in [1.29, 1.82) is 0 Å². The maximum absolute atomic E-state index is 9.98. The first kappa shape index (κ1) is 5.44. The second-order valence-electron chi connectivity index (χ2n) is 1.40. The zero-order valence-electron chi connectivity index (χ0n) is 4.12. The number of carbonyl (C=O) groups is 1. The Morgan fingerprint density at radius 2 is 2.50 bits per heavy atom. The standard InChI is InChI=1S/C4H5ClN2O/c5-7-3-1-2-6(7)4-8/h1,3-4H,2H2. The molecule has 0 aliphatic carbocycles. The summed E-state index contributed by atoms with van der Waals surface area (Å²) in [5.41, 5.74) is 0. The molecule has 0 saturated carbocycles. The Labute approximate surface area is 52.2 Å². The van der Waals surface area contributed by atoms with E-state index in [1.165, 1.54) is 9.54 Å². The summed E-state index contributed by atoms with van der Waals surface area (Å²) < 4.78 is 1.22. The van der Waals surface area contributed by atoms with Crippen LogP contribution in [0.3, 0.4) is 0 Å². The number of amides is 1. The first-order valence-corrected chi connectivity index (χ1v) is 2.52. The highest BCUT2D eigenvalue weighted by Crippen LogP contribution is 2.06. The van der Waals surface area contributed by atoms with Crippen molar-refractivity contribution in [2.75, 3.05) is 6.54 Å². The molecule has 0 aromatic rings. The second kappa shape index (κ2) is 2.05. The van der Waals surface area contributed by atoms with Crippen LogP contribution in [0.25, 0.3) is 0 Å². The third-order valence-electron chi connectivity index (χ3n) is 0.888. The predicted octanol–water partition coefficient (Wildman–Crippen LogP) is 0.343. The summed E-state index contributed by atoms with van der Waals surface area (Å²) in [4.78, 5) is 9.98. The number of nitrogens with zero attached hydrogens (tertiary/aromatic N) is 2. The van der Waals surface area contributed by atoms with Crippen LogP contribution in [0.4, 0.5) is 0 Å². The van der Waals surface area contributed by atoms with Crippen molar-refractivity contribution in [3.05, 3.63) is 12.3 Å². The molecule has 1 rings (SSSR count). The fourth-order valence-corrected chi connectivity index (χ4v) is 0.671. The van der Waals surface area contributed by atoms with Gasteiger partial charge in [0, 0.05) is 18.0 Å². The van der Waals surface area contributed by atoms with Crippen molar-refractivity contribution in [1.82, 2.24) is 9.54 Å². The molecular weight excluding hydrogens is 128 g/mol. The highest BCUT2D eigenvalue weighted by molar-refractivity contribution is 6.14. The van der Waals surface area contributed by atoms with Crippen LogP contribution in [0.2, 0.25) is 0 Å².